The summed E-state index contributed by atoms with van der Waals surface area (Å²) >= 11 is 0. The molecule has 6 nitrogen and oxygen atoms in total. The first-order valence-corrected chi connectivity index (χ1v) is 9.45. The van der Waals surface area contributed by atoms with Crippen molar-refractivity contribution in [2.24, 2.45) is 11.8 Å². The zero-order valence-electron chi connectivity index (χ0n) is 15.0. The van der Waals surface area contributed by atoms with E-state index in [1.807, 2.05) is 18.2 Å². The Morgan fingerprint density at radius 2 is 1.92 bits per heavy atom. The van der Waals surface area contributed by atoms with Crippen molar-refractivity contribution in [1.82, 2.24) is 15.5 Å². The molecule has 2 unspecified atom stereocenters. The van der Waals surface area contributed by atoms with Crippen molar-refractivity contribution in [1.29, 1.82) is 0 Å². The van der Waals surface area contributed by atoms with Crippen molar-refractivity contribution >= 4 is 17.8 Å². The minimum Gasteiger partial charge on any atom is -0.351 e. The number of hydrogen-bond donors (Lipinski definition) is 2. The van der Waals surface area contributed by atoms with E-state index < -0.39 is 11.6 Å². The van der Waals surface area contributed by atoms with E-state index in [0.29, 0.717) is 5.92 Å². The number of amides is 4. The average Bonchev–Trinajstić information content (AvgIpc) is 3.50. The van der Waals surface area contributed by atoms with Crippen LogP contribution in [0.5, 0.6) is 0 Å². The lowest BCUT2D eigenvalue weighted by Gasteiger charge is -2.22. The van der Waals surface area contributed by atoms with Crippen LogP contribution in [-0.4, -0.2) is 40.9 Å². The summed E-state index contributed by atoms with van der Waals surface area (Å²) in [6.07, 6.45) is 4.89. The summed E-state index contributed by atoms with van der Waals surface area (Å²) in [5.74, 6) is 0.149. The average molecular weight is 355 g/mol. The Morgan fingerprint density at radius 3 is 2.54 bits per heavy atom. The fourth-order valence-corrected chi connectivity index (χ4v) is 3.89. The van der Waals surface area contributed by atoms with Gasteiger partial charge in [0.15, 0.2) is 0 Å². The molecule has 1 heterocycles. The summed E-state index contributed by atoms with van der Waals surface area (Å²) in [7, 11) is 0. The van der Waals surface area contributed by atoms with Gasteiger partial charge < -0.3 is 10.6 Å². The van der Waals surface area contributed by atoms with Crippen LogP contribution in [0.25, 0.3) is 0 Å². The second-order valence-electron chi connectivity index (χ2n) is 8.00. The summed E-state index contributed by atoms with van der Waals surface area (Å²) in [5.41, 5.74) is 0.345. The highest BCUT2D eigenvalue weighted by atomic mass is 16.2. The maximum atomic E-state index is 12.6. The third kappa shape index (κ3) is 3.32. The van der Waals surface area contributed by atoms with E-state index in [4.69, 9.17) is 0 Å². The number of rotatable bonds is 7. The summed E-state index contributed by atoms with van der Waals surface area (Å²) in [6, 6.07) is 9.68. The highest BCUT2D eigenvalue weighted by Gasteiger charge is 2.56. The molecule has 1 aromatic rings. The van der Waals surface area contributed by atoms with E-state index in [9.17, 15) is 14.4 Å². The van der Waals surface area contributed by atoms with Gasteiger partial charge in [-0.2, -0.15) is 0 Å². The second kappa shape index (κ2) is 6.41. The number of hydrogen-bond acceptors (Lipinski definition) is 3. The Hall–Kier alpha value is -2.37. The molecule has 4 rings (SSSR count). The van der Waals surface area contributed by atoms with Gasteiger partial charge in [0.05, 0.1) is 0 Å². The van der Waals surface area contributed by atoms with Crippen LogP contribution in [0.3, 0.4) is 0 Å². The van der Waals surface area contributed by atoms with Crippen LogP contribution in [0.4, 0.5) is 4.79 Å². The van der Waals surface area contributed by atoms with E-state index in [-0.39, 0.29) is 30.3 Å². The summed E-state index contributed by atoms with van der Waals surface area (Å²) in [6.45, 7) is 1.57. The summed E-state index contributed by atoms with van der Waals surface area (Å²) in [5, 5.41) is 5.84. The Kier molecular flexibility index (Phi) is 4.21. The monoisotopic (exact) mass is 355 g/mol. The van der Waals surface area contributed by atoms with Gasteiger partial charge in [-0.25, -0.2) is 4.79 Å². The lowest BCUT2D eigenvalue weighted by Crippen LogP contribution is -2.48. The number of nitrogens with one attached hydrogen (secondary N) is 2. The SMILES string of the molecule is CC1(C2CC2)NC(=O)N(CC(=O)NC(Cc2ccccc2)C2CC2)C1=O. The second-order valence-corrected chi connectivity index (χ2v) is 8.00. The van der Waals surface area contributed by atoms with Crippen LogP contribution in [0.2, 0.25) is 0 Å². The van der Waals surface area contributed by atoms with Crippen LogP contribution < -0.4 is 10.6 Å². The Balaban J connectivity index is 1.38. The Labute approximate surface area is 153 Å². The van der Waals surface area contributed by atoms with Crippen LogP contribution in [-0.2, 0) is 16.0 Å². The molecule has 2 atom stereocenters. The van der Waals surface area contributed by atoms with E-state index >= 15 is 0 Å². The first kappa shape index (κ1) is 17.1. The van der Waals surface area contributed by atoms with Gasteiger partial charge in [-0.05, 0) is 56.4 Å². The van der Waals surface area contributed by atoms with Gasteiger partial charge in [0.1, 0.15) is 12.1 Å². The van der Waals surface area contributed by atoms with Crippen LogP contribution in [0, 0.1) is 11.8 Å². The van der Waals surface area contributed by atoms with E-state index in [1.54, 1.807) is 6.92 Å². The lowest BCUT2D eigenvalue weighted by molar-refractivity contribution is -0.135. The van der Waals surface area contributed by atoms with Crippen molar-refractivity contribution in [2.75, 3.05) is 6.54 Å². The molecule has 0 spiro atoms. The van der Waals surface area contributed by atoms with Crippen LogP contribution >= 0.6 is 0 Å². The largest absolute Gasteiger partial charge is 0.351 e. The van der Waals surface area contributed by atoms with Gasteiger partial charge >= 0.3 is 6.03 Å². The molecule has 1 saturated heterocycles. The molecular formula is C20H25N3O3. The predicted octanol–water partition coefficient (Wildman–Crippen LogP) is 1.84. The number of urea groups is 1. The van der Waals surface area contributed by atoms with Gasteiger partial charge in [-0.1, -0.05) is 30.3 Å². The van der Waals surface area contributed by atoms with Gasteiger partial charge in [0.25, 0.3) is 5.91 Å². The third-order valence-corrected chi connectivity index (χ3v) is 5.83. The third-order valence-electron chi connectivity index (χ3n) is 5.83. The Bertz CT molecular complexity index is 727. The van der Waals surface area contributed by atoms with Crippen LogP contribution in [0.1, 0.15) is 38.2 Å². The van der Waals surface area contributed by atoms with Gasteiger partial charge in [0, 0.05) is 6.04 Å². The Morgan fingerprint density at radius 1 is 1.23 bits per heavy atom. The smallest absolute Gasteiger partial charge is 0.325 e. The highest BCUT2D eigenvalue weighted by molar-refractivity contribution is 6.09. The first-order valence-electron chi connectivity index (χ1n) is 9.45. The van der Waals surface area contributed by atoms with Gasteiger partial charge in [-0.3, -0.25) is 14.5 Å². The molecule has 0 radical (unpaired) electrons. The normalized spacial score (nSPS) is 26.6. The quantitative estimate of drug-likeness (QED) is 0.733. The van der Waals surface area contributed by atoms with Crippen molar-refractivity contribution in [2.45, 2.75) is 50.6 Å². The molecule has 26 heavy (non-hydrogen) atoms. The maximum Gasteiger partial charge on any atom is 0.325 e. The van der Waals surface area contributed by atoms with Crippen molar-refractivity contribution in [3.63, 3.8) is 0 Å². The topological polar surface area (TPSA) is 78.5 Å². The van der Waals surface area contributed by atoms with Crippen molar-refractivity contribution in [3.8, 4) is 0 Å². The fraction of sp³-hybridized carbons (Fsp3) is 0.550. The van der Waals surface area contributed by atoms with Gasteiger partial charge in [0.2, 0.25) is 5.91 Å². The first-order chi connectivity index (χ1) is 12.5. The number of carbonyl (C=O) groups excluding carboxylic acids is 3. The molecule has 1 aromatic carbocycles. The summed E-state index contributed by atoms with van der Waals surface area (Å²) in [4.78, 5) is 38.4. The molecule has 0 aromatic heterocycles. The molecule has 2 N–H and O–H groups in total. The molecule has 0 bridgehead atoms. The van der Waals surface area contributed by atoms with Crippen molar-refractivity contribution in [3.05, 3.63) is 35.9 Å². The van der Waals surface area contributed by atoms with Crippen LogP contribution in [0.15, 0.2) is 30.3 Å². The molecule has 138 valence electrons. The number of imide groups is 1. The predicted molar refractivity (Wildman–Crippen MR) is 96.2 cm³/mol. The number of benzene rings is 1. The van der Waals surface area contributed by atoms with E-state index in [0.717, 1.165) is 37.0 Å². The number of carbonyl (C=O) groups is 3. The van der Waals surface area contributed by atoms with E-state index in [1.165, 1.54) is 5.56 Å². The zero-order chi connectivity index (χ0) is 18.3. The molecule has 4 amide bonds. The molecule has 2 saturated carbocycles. The van der Waals surface area contributed by atoms with Crippen molar-refractivity contribution < 1.29 is 14.4 Å². The standard InChI is InChI=1S/C20H25N3O3/c1-20(15-9-10-15)18(25)23(19(26)22-20)12-17(24)21-16(14-7-8-14)11-13-5-3-2-4-6-13/h2-6,14-16H,7-12H2,1H3,(H,21,24)(H,22,26). The highest BCUT2D eigenvalue weighted by Crippen LogP contribution is 2.42. The number of nitrogens with zero attached hydrogens (tertiary/aromatic N) is 1. The zero-order valence-corrected chi connectivity index (χ0v) is 15.0. The molecule has 1 aliphatic heterocycles. The summed E-state index contributed by atoms with van der Waals surface area (Å²) < 4.78 is 0. The van der Waals surface area contributed by atoms with E-state index in [2.05, 4.69) is 22.8 Å². The molecule has 3 fully saturated rings. The molecule has 6 heteroatoms. The minimum absolute atomic E-state index is 0.0560. The fourth-order valence-electron chi connectivity index (χ4n) is 3.89. The molecule has 3 aliphatic rings. The molecular weight excluding hydrogens is 330 g/mol. The minimum atomic E-state index is -0.836. The maximum absolute atomic E-state index is 12.6. The lowest BCUT2D eigenvalue weighted by atomic mass is 9.96. The molecule has 2 aliphatic carbocycles. The van der Waals surface area contributed by atoms with Gasteiger partial charge in [-0.15, -0.1) is 0 Å².